The van der Waals surface area contributed by atoms with Crippen LogP contribution in [0.15, 0.2) is 72.8 Å². The Morgan fingerprint density at radius 2 is 1.03 bits per heavy atom. The van der Waals surface area contributed by atoms with Gasteiger partial charge >= 0.3 is 6.18 Å². The van der Waals surface area contributed by atoms with Crippen LogP contribution < -0.4 is 0 Å². The van der Waals surface area contributed by atoms with Crippen LogP contribution in [-0.4, -0.2) is 0 Å². The predicted octanol–water partition coefficient (Wildman–Crippen LogP) is 10.8. The van der Waals surface area contributed by atoms with Crippen LogP contribution in [0, 0.1) is 0 Å². The van der Waals surface area contributed by atoms with Gasteiger partial charge < -0.3 is 0 Å². The van der Waals surface area contributed by atoms with E-state index in [1.807, 2.05) is 30.3 Å². The van der Waals surface area contributed by atoms with Crippen LogP contribution in [0.3, 0.4) is 0 Å². The van der Waals surface area contributed by atoms with Crippen LogP contribution >= 0.6 is 23.2 Å². The van der Waals surface area contributed by atoms with Gasteiger partial charge in [0.15, 0.2) is 0 Å². The van der Waals surface area contributed by atoms with Crippen molar-refractivity contribution in [1.82, 2.24) is 0 Å². The number of rotatable bonds is 9. The molecule has 0 aromatic heterocycles. The number of hydrogen-bond acceptors (Lipinski definition) is 0. The molecule has 1 unspecified atom stereocenters. The highest BCUT2D eigenvalue weighted by Crippen LogP contribution is 2.43. The lowest BCUT2D eigenvalue weighted by atomic mass is 9.67. The molecule has 3 aromatic carbocycles. The first-order chi connectivity index (χ1) is 16.6. The van der Waals surface area contributed by atoms with E-state index in [1.165, 1.54) is 17.7 Å². The summed E-state index contributed by atoms with van der Waals surface area (Å²) in [6, 6.07) is 21.6. The topological polar surface area (TPSA) is 0 Å². The molecule has 5 heteroatoms. The van der Waals surface area contributed by atoms with E-state index in [-0.39, 0.29) is 16.2 Å². The summed E-state index contributed by atoms with van der Waals surface area (Å²) in [4.78, 5) is 0. The van der Waals surface area contributed by atoms with Crippen LogP contribution in [0.5, 0.6) is 0 Å². The van der Waals surface area contributed by atoms with Gasteiger partial charge in [0.1, 0.15) is 0 Å². The van der Waals surface area contributed by atoms with Gasteiger partial charge in [-0.25, -0.2) is 0 Å². The average molecular weight is 536 g/mol. The van der Waals surface area contributed by atoms with Crippen molar-refractivity contribution < 1.29 is 13.2 Å². The van der Waals surface area contributed by atoms with E-state index >= 15 is 0 Å². The van der Waals surface area contributed by atoms with E-state index < -0.39 is 11.7 Å². The fourth-order valence-electron chi connectivity index (χ4n) is 4.84. The van der Waals surface area contributed by atoms with Crippen LogP contribution in [-0.2, 0) is 22.4 Å². The molecule has 0 N–H and O–H groups in total. The molecule has 194 valence electrons. The van der Waals surface area contributed by atoms with Crippen molar-refractivity contribution in [2.24, 2.45) is 0 Å². The predicted molar refractivity (Wildman–Crippen MR) is 146 cm³/mol. The maximum atomic E-state index is 13.0. The Morgan fingerprint density at radius 1 is 0.556 bits per heavy atom. The first-order valence-corrected chi connectivity index (χ1v) is 13.1. The summed E-state index contributed by atoms with van der Waals surface area (Å²) in [5.41, 5.74) is 2.10. The van der Waals surface area contributed by atoms with Crippen LogP contribution in [0.4, 0.5) is 13.2 Å². The molecular formula is C31H35Cl2F3. The van der Waals surface area contributed by atoms with E-state index in [0.717, 1.165) is 41.8 Å². The first-order valence-electron chi connectivity index (χ1n) is 12.3. The number of halogens is 5. The SMILES string of the molecule is CC(C)(CCC(C)(CCC(C)(C)c1ccccc1Cl)c1ccc(Cl)cc1)c1ccc(C(F)(F)F)cc1. The van der Waals surface area contributed by atoms with Crippen LogP contribution in [0.2, 0.25) is 10.0 Å². The number of hydrogen-bond donors (Lipinski definition) is 0. The summed E-state index contributed by atoms with van der Waals surface area (Å²) in [6.07, 6.45) is -0.776. The molecule has 3 aromatic rings. The van der Waals surface area contributed by atoms with E-state index in [4.69, 9.17) is 23.2 Å². The third-order valence-corrected chi connectivity index (χ3v) is 8.32. The Hall–Kier alpha value is -1.97. The Labute approximate surface area is 223 Å². The molecule has 1 atom stereocenters. The molecule has 0 aliphatic rings. The fraction of sp³-hybridized carbons (Fsp3) is 0.419. The summed E-state index contributed by atoms with van der Waals surface area (Å²) in [5, 5.41) is 1.47. The summed E-state index contributed by atoms with van der Waals surface area (Å²) < 4.78 is 39.1. The van der Waals surface area contributed by atoms with Crippen LogP contribution in [0.1, 0.15) is 82.6 Å². The zero-order valence-electron chi connectivity index (χ0n) is 21.6. The van der Waals surface area contributed by atoms with Crippen molar-refractivity contribution in [3.63, 3.8) is 0 Å². The van der Waals surface area contributed by atoms with Gasteiger partial charge in [-0.2, -0.15) is 13.2 Å². The van der Waals surface area contributed by atoms with E-state index in [2.05, 4.69) is 52.8 Å². The summed E-state index contributed by atoms with van der Waals surface area (Å²) >= 11 is 12.7. The third-order valence-electron chi connectivity index (χ3n) is 7.74. The first kappa shape index (κ1) is 28.6. The average Bonchev–Trinajstić information content (AvgIpc) is 2.82. The van der Waals surface area contributed by atoms with Gasteiger partial charge in [0, 0.05) is 10.0 Å². The molecule has 36 heavy (non-hydrogen) atoms. The molecule has 0 nitrogen and oxygen atoms in total. The van der Waals surface area contributed by atoms with Crippen molar-refractivity contribution >= 4 is 23.2 Å². The molecule has 0 aliphatic heterocycles. The molecule has 0 aliphatic carbocycles. The lowest BCUT2D eigenvalue weighted by Gasteiger charge is -2.38. The van der Waals surface area contributed by atoms with Crippen molar-refractivity contribution in [2.75, 3.05) is 0 Å². The highest BCUT2D eigenvalue weighted by atomic mass is 35.5. The van der Waals surface area contributed by atoms with Gasteiger partial charge in [0.25, 0.3) is 0 Å². The zero-order valence-corrected chi connectivity index (χ0v) is 23.2. The second-order valence-electron chi connectivity index (χ2n) is 11.4. The molecule has 0 spiro atoms. The standard InChI is InChI=1S/C31H35Cl2F3/c1-28(2,22-10-12-24(13-11-22)31(34,35)36)18-20-30(5,23-14-16-25(32)17-15-23)21-19-29(3,4)26-8-6-7-9-27(26)33/h6-17H,18-21H2,1-5H3. The summed E-state index contributed by atoms with van der Waals surface area (Å²) in [7, 11) is 0. The Balaban J connectivity index is 1.84. The van der Waals surface area contributed by atoms with Crippen molar-refractivity contribution in [3.8, 4) is 0 Å². The van der Waals surface area contributed by atoms with Gasteiger partial charge in [-0.1, -0.05) is 100 Å². The van der Waals surface area contributed by atoms with Crippen molar-refractivity contribution in [2.45, 2.75) is 82.7 Å². The van der Waals surface area contributed by atoms with Gasteiger partial charge in [-0.05, 0) is 89.0 Å². The van der Waals surface area contributed by atoms with Crippen molar-refractivity contribution in [1.29, 1.82) is 0 Å². The normalized spacial score (nSPS) is 14.5. The minimum atomic E-state index is -4.33. The molecule has 0 heterocycles. The molecular weight excluding hydrogens is 500 g/mol. The van der Waals surface area contributed by atoms with E-state index in [0.29, 0.717) is 5.02 Å². The van der Waals surface area contributed by atoms with Gasteiger partial charge in [-0.15, -0.1) is 0 Å². The number of benzene rings is 3. The minimum absolute atomic E-state index is 0.116. The van der Waals surface area contributed by atoms with E-state index in [9.17, 15) is 13.2 Å². The van der Waals surface area contributed by atoms with Gasteiger partial charge in [-0.3, -0.25) is 0 Å². The lowest BCUT2D eigenvalue weighted by molar-refractivity contribution is -0.137. The third kappa shape index (κ3) is 6.86. The Kier molecular flexibility index (Phi) is 8.57. The monoisotopic (exact) mass is 534 g/mol. The quantitative estimate of drug-likeness (QED) is 0.256. The minimum Gasteiger partial charge on any atom is -0.166 e. The lowest BCUT2D eigenvalue weighted by Crippen LogP contribution is -2.30. The Bertz CT molecular complexity index is 1150. The summed E-state index contributed by atoms with van der Waals surface area (Å²) in [5.74, 6) is 0. The highest BCUT2D eigenvalue weighted by molar-refractivity contribution is 6.31. The number of alkyl halides is 3. The second kappa shape index (κ2) is 10.8. The van der Waals surface area contributed by atoms with Crippen LogP contribution in [0.25, 0.3) is 0 Å². The van der Waals surface area contributed by atoms with Gasteiger partial charge in [0.05, 0.1) is 5.56 Å². The highest BCUT2D eigenvalue weighted by Gasteiger charge is 2.35. The molecule has 0 fully saturated rings. The maximum absolute atomic E-state index is 13.0. The van der Waals surface area contributed by atoms with Crippen molar-refractivity contribution in [3.05, 3.63) is 105 Å². The zero-order chi connectivity index (χ0) is 26.8. The maximum Gasteiger partial charge on any atom is 0.416 e. The summed E-state index contributed by atoms with van der Waals surface area (Å²) in [6.45, 7) is 10.9. The largest absolute Gasteiger partial charge is 0.416 e. The molecule has 0 saturated carbocycles. The molecule has 0 amide bonds. The van der Waals surface area contributed by atoms with Gasteiger partial charge in [0.2, 0.25) is 0 Å². The molecule has 0 saturated heterocycles. The molecule has 0 bridgehead atoms. The molecule has 3 rings (SSSR count). The Morgan fingerprint density at radius 3 is 1.56 bits per heavy atom. The molecule has 0 radical (unpaired) electrons. The fourth-order valence-corrected chi connectivity index (χ4v) is 5.36. The smallest absolute Gasteiger partial charge is 0.166 e. The second-order valence-corrected chi connectivity index (χ2v) is 12.2. The van der Waals surface area contributed by atoms with E-state index in [1.54, 1.807) is 12.1 Å².